The SMILES string of the molecule is CC(C)OCCCN/C=C(/C#N)C(=O)N1CCN(c2ccc(F)cc2)CC1. The molecule has 0 unspecified atom stereocenters. The topological polar surface area (TPSA) is 68.6 Å². The van der Waals surface area contributed by atoms with Crippen LogP contribution in [0.15, 0.2) is 36.0 Å². The van der Waals surface area contributed by atoms with Crippen molar-refractivity contribution in [2.45, 2.75) is 26.4 Å². The predicted octanol–water partition coefficient (Wildman–Crippen LogP) is 2.29. The lowest BCUT2D eigenvalue weighted by molar-refractivity contribution is -0.127. The number of anilines is 1. The molecule has 27 heavy (non-hydrogen) atoms. The molecule has 0 aromatic heterocycles. The molecule has 7 heteroatoms. The fourth-order valence-electron chi connectivity index (χ4n) is 2.80. The number of amides is 1. The van der Waals surface area contributed by atoms with Gasteiger partial charge in [-0.15, -0.1) is 0 Å². The molecule has 1 N–H and O–H groups in total. The number of carbonyl (C=O) groups is 1. The fraction of sp³-hybridized carbons (Fsp3) is 0.500. The highest BCUT2D eigenvalue weighted by molar-refractivity contribution is 5.97. The summed E-state index contributed by atoms with van der Waals surface area (Å²) in [6.07, 6.45) is 2.49. The minimum Gasteiger partial charge on any atom is -0.390 e. The van der Waals surface area contributed by atoms with Crippen LogP contribution in [0.1, 0.15) is 20.3 Å². The van der Waals surface area contributed by atoms with Crippen molar-refractivity contribution in [2.24, 2.45) is 0 Å². The molecule has 0 aliphatic carbocycles. The molecule has 1 aliphatic heterocycles. The molecule has 1 aliphatic rings. The monoisotopic (exact) mass is 374 g/mol. The van der Waals surface area contributed by atoms with Gasteiger partial charge in [-0.1, -0.05) is 0 Å². The largest absolute Gasteiger partial charge is 0.390 e. The molecule has 6 nitrogen and oxygen atoms in total. The van der Waals surface area contributed by atoms with Gasteiger partial charge in [-0.3, -0.25) is 4.79 Å². The van der Waals surface area contributed by atoms with E-state index in [2.05, 4.69) is 10.2 Å². The molecule has 1 saturated heterocycles. The Morgan fingerprint density at radius 3 is 2.56 bits per heavy atom. The number of carbonyl (C=O) groups excluding carboxylic acids is 1. The second-order valence-electron chi connectivity index (χ2n) is 6.65. The van der Waals surface area contributed by atoms with Gasteiger partial charge in [0.2, 0.25) is 0 Å². The number of ether oxygens (including phenoxy) is 1. The van der Waals surface area contributed by atoms with Crippen LogP contribution < -0.4 is 10.2 Å². The summed E-state index contributed by atoms with van der Waals surface area (Å²) in [4.78, 5) is 16.3. The number of nitrogens with zero attached hydrogens (tertiary/aromatic N) is 3. The molecule has 146 valence electrons. The van der Waals surface area contributed by atoms with Crippen molar-refractivity contribution in [2.75, 3.05) is 44.2 Å². The van der Waals surface area contributed by atoms with Crippen LogP contribution in [-0.2, 0) is 9.53 Å². The van der Waals surface area contributed by atoms with Gasteiger partial charge in [-0.25, -0.2) is 4.39 Å². The van der Waals surface area contributed by atoms with Crippen LogP contribution in [0.2, 0.25) is 0 Å². The van der Waals surface area contributed by atoms with Crippen LogP contribution in [0.5, 0.6) is 0 Å². The number of rotatable bonds is 8. The van der Waals surface area contributed by atoms with E-state index < -0.39 is 0 Å². The van der Waals surface area contributed by atoms with Crippen molar-refractivity contribution < 1.29 is 13.9 Å². The minimum absolute atomic E-state index is 0.106. The molecule has 0 saturated carbocycles. The maximum absolute atomic E-state index is 13.0. The number of piperazine rings is 1. The van der Waals surface area contributed by atoms with Crippen molar-refractivity contribution >= 4 is 11.6 Å². The van der Waals surface area contributed by atoms with Crippen LogP contribution in [-0.4, -0.2) is 56.2 Å². The second-order valence-corrected chi connectivity index (χ2v) is 6.65. The highest BCUT2D eigenvalue weighted by Crippen LogP contribution is 2.17. The number of nitriles is 1. The molecule has 0 spiro atoms. The molecule has 1 aromatic carbocycles. The first kappa shape index (κ1) is 20.7. The molecule has 1 fully saturated rings. The zero-order valence-corrected chi connectivity index (χ0v) is 15.9. The van der Waals surface area contributed by atoms with Gasteiger partial charge in [-0.05, 0) is 44.5 Å². The number of benzene rings is 1. The Balaban J connectivity index is 1.79. The Morgan fingerprint density at radius 2 is 1.96 bits per heavy atom. The first-order valence-electron chi connectivity index (χ1n) is 9.26. The fourth-order valence-corrected chi connectivity index (χ4v) is 2.80. The molecule has 0 atom stereocenters. The van der Waals surface area contributed by atoms with Gasteiger partial charge in [0.25, 0.3) is 5.91 Å². The Kier molecular flexibility index (Phi) is 8.08. The van der Waals surface area contributed by atoms with Gasteiger partial charge in [0.1, 0.15) is 17.5 Å². The van der Waals surface area contributed by atoms with Crippen LogP contribution in [0.25, 0.3) is 0 Å². The quantitative estimate of drug-likeness (QED) is 0.430. The van der Waals surface area contributed by atoms with Crippen LogP contribution >= 0.6 is 0 Å². The van der Waals surface area contributed by atoms with Gasteiger partial charge in [0.05, 0.1) is 6.10 Å². The highest BCUT2D eigenvalue weighted by atomic mass is 19.1. The second kappa shape index (κ2) is 10.5. The third-order valence-corrected chi connectivity index (χ3v) is 4.27. The number of nitrogens with one attached hydrogen (secondary N) is 1. The Hall–Kier alpha value is -2.59. The summed E-state index contributed by atoms with van der Waals surface area (Å²) < 4.78 is 18.5. The Bertz CT molecular complexity index is 674. The normalized spacial score (nSPS) is 15.0. The third kappa shape index (κ3) is 6.57. The van der Waals surface area contributed by atoms with E-state index in [0.29, 0.717) is 39.3 Å². The molecule has 0 radical (unpaired) electrons. The highest BCUT2D eigenvalue weighted by Gasteiger charge is 2.23. The first-order valence-corrected chi connectivity index (χ1v) is 9.26. The summed E-state index contributed by atoms with van der Waals surface area (Å²) in [6.45, 7) is 7.59. The lowest BCUT2D eigenvalue weighted by Gasteiger charge is -2.36. The van der Waals surface area contributed by atoms with E-state index in [1.165, 1.54) is 18.3 Å². The van der Waals surface area contributed by atoms with Crippen LogP contribution in [0, 0.1) is 17.1 Å². The Labute approximate surface area is 160 Å². The minimum atomic E-state index is -0.264. The molecular weight excluding hydrogens is 347 g/mol. The van der Waals surface area contributed by atoms with E-state index in [4.69, 9.17) is 4.74 Å². The van der Waals surface area contributed by atoms with Gasteiger partial charge in [0.15, 0.2) is 0 Å². The van der Waals surface area contributed by atoms with Gasteiger partial charge in [-0.2, -0.15) is 5.26 Å². The van der Waals surface area contributed by atoms with Crippen LogP contribution in [0.4, 0.5) is 10.1 Å². The summed E-state index contributed by atoms with van der Waals surface area (Å²) in [6, 6.07) is 8.31. The maximum Gasteiger partial charge on any atom is 0.266 e. The van der Waals surface area contributed by atoms with Gasteiger partial charge >= 0.3 is 0 Å². The van der Waals surface area contributed by atoms with E-state index in [1.54, 1.807) is 17.0 Å². The van der Waals surface area contributed by atoms with Crippen molar-refractivity contribution in [1.29, 1.82) is 5.26 Å². The lowest BCUT2D eigenvalue weighted by atomic mass is 10.2. The summed E-state index contributed by atoms with van der Waals surface area (Å²) in [7, 11) is 0. The molecule has 1 heterocycles. The zero-order valence-electron chi connectivity index (χ0n) is 15.9. The van der Waals surface area contributed by atoms with E-state index >= 15 is 0 Å². The van der Waals surface area contributed by atoms with E-state index in [9.17, 15) is 14.4 Å². The average molecular weight is 374 g/mol. The predicted molar refractivity (Wildman–Crippen MR) is 103 cm³/mol. The lowest BCUT2D eigenvalue weighted by Crippen LogP contribution is -2.49. The Morgan fingerprint density at radius 1 is 1.30 bits per heavy atom. The zero-order chi connectivity index (χ0) is 19.6. The smallest absolute Gasteiger partial charge is 0.266 e. The first-order chi connectivity index (χ1) is 13.0. The van der Waals surface area contributed by atoms with Crippen molar-refractivity contribution in [3.8, 4) is 6.07 Å². The molecule has 2 rings (SSSR count). The van der Waals surface area contributed by atoms with E-state index in [-0.39, 0.29) is 23.4 Å². The summed E-state index contributed by atoms with van der Waals surface area (Å²) >= 11 is 0. The molecule has 1 aromatic rings. The number of halogens is 1. The molecular formula is C20H27FN4O2. The van der Waals surface area contributed by atoms with Crippen molar-refractivity contribution in [3.05, 3.63) is 41.9 Å². The third-order valence-electron chi connectivity index (χ3n) is 4.27. The maximum atomic E-state index is 13.0. The van der Waals surface area contributed by atoms with Gasteiger partial charge < -0.3 is 19.9 Å². The standard InChI is InChI=1S/C20H27FN4O2/c1-16(2)27-13-3-8-23-15-17(14-22)20(26)25-11-9-24(10-12-25)19-6-4-18(21)5-7-19/h4-7,15-16,23H,3,8-13H2,1-2H3/b17-15-. The average Bonchev–Trinajstić information content (AvgIpc) is 2.67. The summed E-state index contributed by atoms with van der Waals surface area (Å²) in [5.41, 5.74) is 1.04. The van der Waals surface area contributed by atoms with E-state index in [1.807, 2.05) is 19.9 Å². The molecule has 0 bridgehead atoms. The summed E-state index contributed by atoms with van der Waals surface area (Å²) in [5.74, 6) is -0.526. The summed E-state index contributed by atoms with van der Waals surface area (Å²) in [5, 5.41) is 12.3. The van der Waals surface area contributed by atoms with Crippen molar-refractivity contribution in [3.63, 3.8) is 0 Å². The molecule has 1 amide bonds. The number of hydrogen-bond donors (Lipinski definition) is 1. The van der Waals surface area contributed by atoms with Crippen LogP contribution in [0.3, 0.4) is 0 Å². The number of hydrogen-bond acceptors (Lipinski definition) is 5. The van der Waals surface area contributed by atoms with Crippen molar-refractivity contribution in [1.82, 2.24) is 10.2 Å². The van der Waals surface area contributed by atoms with E-state index in [0.717, 1.165) is 12.1 Å². The van der Waals surface area contributed by atoms with Gasteiger partial charge in [0, 0.05) is 51.2 Å².